The van der Waals surface area contributed by atoms with Crippen molar-refractivity contribution in [3.63, 3.8) is 0 Å². The summed E-state index contributed by atoms with van der Waals surface area (Å²) in [5.74, 6) is 0.421. The second-order valence-electron chi connectivity index (χ2n) is 4.06. The van der Waals surface area contributed by atoms with Gasteiger partial charge in [0.25, 0.3) is 0 Å². The quantitative estimate of drug-likeness (QED) is 0.784. The van der Waals surface area contributed by atoms with Gasteiger partial charge in [0.1, 0.15) is 11.8 Å². The van der Waals surface area contributed by atoms with Gasteiger partial charge in [-0.3, -0.25) is 0 Å². The van der Waals surface area contributed by atoms with Gasteiger partial charge in [0.15, 0.2) is 0 Å². The Balaban J connectivity index is 2.25. The fourth-order valence-corrected chi connectivity index (χ4v) is 1.72. The number of pyridine rings is 1. The van der Waals surface area contributed by atoms with Crippen LogP contribution in [0, 0.1) is 11.3 Å². The average Bonchev–Trinajstić information content (AvgIpc) is 2.47. The first-order valence-electron chi connectivity index (χ1n) is 5.74. The van der Waals surface area contributed by atoms with Gasteiger partial charge in [0, 0.05) is 18.1 Å². The Labute approximate surface area is 123 Å². The maximum absolute atomic E-state index is 12.4. The van der Waals surface area contributed by atoms with Crippen molar-refractivity contribution in [1.82, 2.24) is 4.98 Å². The van der Waals surface area contributed by atoms with Crippen LogP contribution in [0.25, 0.3) is 0 Å². The highest BCUT2D eigenvalue weighted by molar-refractivity contribution is 6.17. The van der Waals surface area contributed by atoms with Crippen molar-refractivity contribution in [1.29, 1.82) is 5.26 Å². The van der Waals surface area contributed by atoms with Gasteiger partial charge in [0.2, 0.25) is 5.88 Å². The fourth-order valence-electron chi connectivity index (χ4n) is 1.56. The fraction of sp³-hybridized carbons (Fsp3) is 0.143. The van der Waals surface area contributed by atoms with Crippen LogP contribution < -0.4 is 4.74 Å². The molecule has 2 aromatic rings. The number of hydrogen-bond donors (Lipinski definition) is 0. The van der Waals surface area contributed by atoms with Crippen LogP contribution in [0.5, 0.6) is 11.6 Å². The zero-order chi connectivity index (χ0) is 15.5. The Hall–Kier alpha value is -2.26. The Kier molecular flexibility index (Phi) is 4.34. The van der Waals surface area contributed by atoms with Crippen LogP contribution in [-0.4, -0.2) is 4.98 Å². The number of ether oxygens (including phenoxy) is 1. The molecule has 7 heteroatoms. The van der Waals surface area contributed by atoms with Gasteiger partial charge in [-0.2, -0.15) is 18.4 Å². The summed E-state index contributed by atoms with van der Waals surface area (Å²) in [6.07, 6.45) is -3.78. The van der Waals surface area contributed by atoms with E-state index in [2.05, 4.69) is 4.98 Å². The van der Waals surface area contributed by atoms with E-state index >= 15 is 0 Å². The third kappa shape index (κ3) is 3.64. The van der Waals surface area contributed by atoms with E-state index in [0.29, 0.717) is 6.20 Å². The normalized spacial score (nSPS) is 11.0. The van der Waals surface area contributed by atoms with Crippen molar-refractivity contribution >= 4 is 11.6 Å². The van der Waals surface area contributed by atoms with Crippen molar-refractivity contribution in [2.24, 2.45) is 0 Å². The molecule has 21 heavy (non-hydrogen) atoms. The number of aromatic nitrogens is 1. The Bertz CT molecular complexity index is 678. The number of alkyl halides is 4. The van der Waals surface area contributed by atoms with E-state index in [1.165, 1.54) is 6.07 Å². The minimum atomic E-state index is -4.45. The Morgan fingerprint density at radius 2 is 2.00 bits per heavy atom. The van der Waals surface area contributed by atoms with E-state index in [1.54, 1.807) is 12.1 Å². The first-order valence-corrected chi connectivity index (χ1v) is 6.27. The molecule has 1 aromatic heterocycles. The summed E-state index contributed by atoms with van der Waals surface area (Å²) in [6.45, 7) is 0. The van der Waals surface area contributed by atoms with Gasteiger partial charge in [0.05, 0.1) is 11.1 Å². The smallest absolute Gasteiger partial charge is 0.417 e. The van der Waals surface area contributed by atoms with Crippen molar-refractivity contribution in [3.8, 4) is 17.7 Å². The van der Waals surface area contributed by atoms with Gasteiger partial charge >= 0.3 is 6.18 Å². The zero-order valence-corrected chi connectivity index (χ0v) is 11.2. The lowest BCUT2D eigenvalue weighted by Crippen LogP contribution is -2.05. The van der Waals surface area contributed by atoms with Crippen LogP contribution in [-0.2, 0) is 12.1 Å². The Morgan fingerprint density at radius 3 is 2.52 bits per heavy atom. The van der Waals surface area contributed by atoms with Gasteiger partial charge in [-0.05, 0) is 23.8 Å². The summed E-state index contributed by atoms with van der Waals surface area (Å²) in [5.41, 5.74) is 0.101. The molecule has 2 rings (SSSR count). The lowest BCUT2D eigenvalue weighted by Gasteiger charge is -2.09. The van der Waals surface area contributed by atoms with Gasteiger partial charge in [-0.15, -0.1) is 11.6 Å². The average molecular weight is 313 g/mol. The van der Waals surface area contributed by atoms with Crippen molar-refractivity contribution in [2.75, 3.05) is 0 Å². The van der Waals surface area contributed by atoms with Crippen LogP contribution in [0.4, 0.5) is 13.2 Å². The Morgan fingerprint density at radius 1 is 1.24 bits per heavy atom. The van der Waals surface area contributed by atoms with Crippen LogP contribution >= 0.6 is 11.6 Å². The number of rotatable bonds is 3. The number of nitrogens with zero attached hydrogens (tertiary/aromatic N) is 2. The molecule has 0 bridgehead atoms. The van der Waals surface area contributed by atoms with Gasteiger partial charge < -0.3 is 4.74 Å². The number of benzene rings is 1. The molecule has 1 heterocycles. The maximum Gasteiger partial charge on any atom is 0.417 e. The molecule has 108 valence electrons. The van der Waals surface area contributed by atoms with Crippen LogP contribution in [0.15, 0.2) is 36.5 Å². The zero-order valence-electron chi connectivity index (χ0n) is 10.5. The summed E-state index contributed by atoms with van der Waals surface area (Å²) >= 11 is 5.66. The SMILES string of the molecule is N#Cc1cc(CCl)ccc1Oc1ccc(C(F)(F)F)cn1. The van der Waals surface area contributed by atoms with Crippen molar-refractivity contribution < 1.29 is 17.9 Å². The molecule has 3 nitrogen and oxygen atoms in total. The molecule has 0 aliphatic rings. The molecule has 0 saturated heterocycles. The predicted octanol–water partition coefficient (Wildman–Crippen LogP) is 4.50. The number of hydrogen-bond acceptors (Lipinski definition) is 3. The molecule has 0 amide bonds. The largest absolute Gasteiger partial charge is 0.438 e. The maximum atomic E-state index is 12.4. The summed E-state index contributed by atoms with van der Waals surface area (Å²) in [4.78, 5) is 3.58. The van der Waals surface area contributed by atoms with E-state index in [0.717, 1.165) is 17.7 Å². The highest BCUT2D eigenvalue weighted by Crippen LogP contribution is 2.30. The predicted molar refractivity (Wildman–Crippen MR) is 70.0 cm³/mol. The molecule has 0 radical (unpaired) electrons. The summed E-state index contributed by atoms with van der Waals surface area (Å²) in [6, 6.07) is 8.63. The molecule has 0 saturated carbocycles. The second kappa shape index (κ2) is 6.02. The molecule has 1 aromatic carbocycles. The lowest BCUT2D eigenvalue weighted by molar-refractivity contribution is -0.137. The topological polar surface area (TPSA) is 45.9 Å². The molecular weight excluding hydrogens is 305 g/mol. The summed E-state index contributed by atoms with van der Waals surface area (Å²) < 4.78 is 42.6. The summed E-state index contributed by atoms with van der Waals surface area (Å²) in [5, 5.41) is 9.02. The summed E-state index contributed by atoms with van der Waals surface area (Å²) in [7, 11) is 0. The van der Waals surface area contributed by atoms with Crippen LogP contribution in [0.1, 0.15) is 16.7 Å². The standard InChI is InChI=1S/C14H8ClF3N2O/c15-6-9-1-3-12(10(5-9)7-19)21-13-4-2-11(8-20-13)14(16,17)18/h1-5,8H,6H2. The van der Waals surface area contributed by atoms with E-state index in [1.807, 2.05) is 6.07 Å². The monoisotopic (exact) mass is 312 g/mol. The van der Waals surface area contributed by atoms with Crippen LogP contribution in [0.3, 0.4) is 0 Å². The van der Waals surface area contributed by atoms with E-state index in [9.17, 15) is 13.2 Å². The lowest BCUT2D eigenvalue weighted by atomic mass is 10.1. The van der Waals surface area contributed by atoms with E-state index < -0.39 is 11.7 Å². The third-order valence-electron chi connectivity index (χ3n) is 2.60. The minimum Gasteiger partial charge on any atom is -0.438 e. The second-order valence-corrected chi connectivity index (χ2v) is 4.33. The molecule has 0 unspecified atom stereocenters. The molecule has 0 aliphatic carbocycles. The molecule has 0 spiro atoms. The third-order valence-corrected chi connectivity index (χ3v) is 2.91. The van der Waals surface area contributed by atoms with E-state index in [-0.39, 0.29) is 23.1 Å². The first kappa shape index (κ1) is 15.1. The molecular formula is C14H8ClF3N2O. The van der Waals surface area contributed by atoms with Crippen molar-refractivity contribution in [3.05, 3.63) is 53.2 Å². The van der Waals surface area contributed by atoms with Crippen LogP contribution in [0.2, 0.25) is 0 Å². The highest BCUT2D eigenvalue weighted by Gasteiger charge is 2.30. The van der Waals surface area contributed by atoms with E-state index in [4.69, 9.17) is 21.6 Å². The molecule has 0 atom stereocenters. The number of halogens is 4. The molecule has 0 N–H and O–H groups in total. The molecule has 0 aliphatic heterocycles. The first-order chi connectivity index (χ1) is 9.94. The van der Waals surface area contributed by atoms with Gasteiger partial charge in [-0.1, -0.05) is 6.07 Å². The number of nitriles is 1. The van der Waals surface area contributed by atoms with Gasteiger partial charge in [-0.25, -0.2) is 4.98 Å². The minimum absolute atomic E-state index is 0.0295. The highest BCUT2D eigenvalue weighted by atomic mass is 35.5. The van der Waals surface area contributed by atoms with Crippen molar-refractivity contribution in [2.45, 2.75) is 12.1 Å². The molecule has 0 fully saturated rings.